The van der Waals surface area contributed by atoms with E-state index in [4.69, 9.17) is 0 Å². The molecule has 2 heterocycles. The van der Waals surface area contributed by atoms with E-state index in [0.717, 1.165) is 5.56 Å². The van der Waals surface area contributed by atoms with Gasteiger partial charge in [0.25, 0.3) is 0 Å². The van der Waals surface area contributed by atoms with Crippen molar-refractivity contribution in [1.82, 2.24) is 15.0 Å². The molecule has 2 rings (SSSR count). The molecule has 1 N–H and O–H groups in total. The Balaban J connectivity index is 2.28. The Morgan fingerprint density at radius 2 is 1.93 bits per heavy atom. The molecule has 0 radical (unpaired) electrons. The summed E-state index contributed by atoms with van der Waals surface area (Å²) < 4.78 is 0. The van der Waals surface area contributed by atoms with Crippen molar-refractivity contribution in [1.29, 1.82) is 0 Å². The molecular formula is C10H8N4O. The van der Waals surface area contributed by atoms with E-state index in [2.05, 4.69) is 20.3 Å². The van der Waals surface area contributed by atoms with Gasteiger partial charge in [-0.15, -0.1) is 0 Å². The Hall–Kier alpha value is -2.30. The molecule has 0 spiro atoms. The molecule has 0 aromatic carbocycles. The fourth-order valence-corrected chi connectivity index (χ4v) is 1.12. The number of carbonyl (C=O) groups is 1. The number of nitrogens with zero attached hydrogens (tertiary/aromatic N) is 3. The van der Waals surface area contributed by atoms with Gasteiger partial charge in [-0.2, -0.15) is 0 Å². The monoisotopic (exact) mass is 200 g/mol. The molecule has 2 aromatic rings. The highest BCUT2D eigenvalue weighted by Gasteiger charge is 1.99. The first-order valence-corrected chi connectivity index (χ1v) is 4.34. The van der Waals surface area contributed by atoms with Gasteiger partial charge in [-0.3, -0.25) is 4.79 Å². The highest BCUT2D eigenvalue weighted by atomic mass is 16.1. The first-order chi connectivity index (χ1) is 7.40. The smallest absolute Gasteiger partial charge is 0.212 e. The number of nitrogens with one attached hydrogen (secondary N) is 1. The van der Waals surface area contributed by atoms with Gasteiger partial charge < -0.3 is 5.32 Å². The highest BCUT2D eigenvalue weighted by Crippen LogP contribution is 2.13. The van der Waals surface area contributed by atoms with Crippen LogP contribution in [0.2, 0.25) is 0 Å². The van der Waals surface area contributed by atoms with Crippen LogP contribution in [-0.2, 0) is 4.79 Å². The number of anilines is 1. The highest BCUT2D eigenvalue weighted by molar-refractivity contribution is 5.69. The summed E-state index contributed by atoms with van der Waals surface area (Å²) in [6, 6.07) is 5.24. The molecule has 0 aliphatic heterocycles. The van der Waals surface area contributed by atoms with Gasteiger partial charge in [0.15, 0.2) is 5.82 Å². The van der Waals surface area contributed by atoms with Crippen LogP contribution in [0.3, 0.4) is 0 Å². The molecule has 5 nitrogen and oxygen atoms in total. The summed E-state index contributed by atoms with van der Waals surface area (Å²) in [4.78, 5) is 22.3. The topological polar surface area (TPSA) is 67.8 Å². The Bertz CT molecular complexity index is 441. The lowest BCUT2D eigenvalue weighted by molar-refractivity contribution is -0.105. The number of carbonyl (C=O) groups excluding carboxylic acids is 1. The number of hydrogen-bond acceptors (Lipinski definition) is 4. The fourth-order valence-electron chi connectivity index (χ4n) is 1.12. The predicted octanol–water partition coefficient (Wildman–Crippen LogP) is 1.11. The third-order valence-corrected chi connectivity index (χ3v) is 1.79. The van der Waals surface area contributed by atoms with Crippen LogP contribution >= 0.6 is 0 Å². The molecule has 0 unspecified atom stereocenters. The van der Waals surface area contributed by atoms with Crippen molar-refractivity contribution in [2.45, 2.75) is 0 Å². The van der Waals surface area contributed by atoms with Gasteiger partial charge in [-0.25, -0.2) is 15.0 Å². The zero-order valence-corrected chi connectivity index (χ0v) is 7.79. The summed E-state index contributed by atoms with van der Waals surface area (Å²) in [5.41, 5.74) is 0.812. The molecule has 0 saturated heterocycles. The second-order valence-corrected chi connectivity index (χ2v) is 2.77. The minimum absolute atomic E-state index is 0.504. The van der Waals surface area contributed by atoms with Gasteiger partial charge in [-0.05, 0) is 18.2 Å². The van der Waals surface area contributed by atoms with E-state index in [1.165, 1.54) is 0 Å². The zero-order valence-electron chi connectivity index (χ0n) is 7.79. The molecule has 0 saturated carbocycles. The Labute approximate surface area is 86.2 Å². The maximum absolute atomic E-state index is 10.2. The lowest BCUT2D eigenvalue weighted by Crippen LogP contribution is -1.96. The molecule has 15 heavy (non-hydrogen) atoms. The van der Waals surface area contributed by atoms with Gasteiger partial charge in [0, 0.05) is 24.2 Å². The molecule has 5 heteroatoms. The van der Waals surface area contributed by atoms with E-state index < -0.39 is 0 Å². The Morgan fingerprint density at radius 1 is 1.13 bits per heavy atom. The molecule has 2 aromatic heterocycles. The second-order valence-electron chi connectivity index (χ2n) is 2.77. The number of amides is 1. The van der Waals surface area contributed by atoms with Crippen LogP contribution in [0, 0.1) is 0 Å². The number of rotatable bonds is 3. The van der Waals surface area contributed by atoms with Crippen molar-refractivity contribution < 1.29 is 4.79 Å². The van der Waals surface area contributed by atoms with Crippen molar-refractivity contribution in [3.8, 4) is 11.4 Å². The normalized spacial score (nSPS) is 9.60. The number of pyridine rings is 1. The van der Waals surface area contributed by atoms with Gasteiger partial charge in [0.05, 0.1) is 0 Å². The predicted molar refractivity (Wildman–Crippen MR) is 54.9 cm³/mol. The standard InChI is InChI=1S/C10H8N4O/c15-7-14-9-3-2-8(6-13-9)10-11-4-1-5-12-10/h1-7H,(H,13,14,15). The van der Waals surface area contributed by atoms with Crippen molar-refractivity contribution in [2.75, 3.05) is 5.32 Å². The SMILES string of the molecule is O=CNc1ccc(-c2ncccn2)cn1. The van der Waals surface area contributed by atoms with Gasteiger partial charge in [-0.1, -0.05) is 0 Å². The third-order valence-electron chi connectivity index (χ3n) is 1.79. The second kappa shape index (κ2) is 4.28. The van der Waals surface area contributed by atoms with Crippen molar-refractivity contribution in [2.24, 2.45) is 0 Å². The molecule has 0 atom stereocenters. The average Bonchev–Trinajstić information content (AvgIpc) is 2.32. The molecule has 0 aliphatic rings. The molecule has 1 amide bonds. The van der Waals surface area contributed by atoms with Crippen LogP contribution in [0.5, 0.6) is 0 Å². The van der Waals surface area contributed by atoms with E-state index in [1.807, 2.05) is 0 Å². The number of aromatic nitrogens is 3. The van der Waals surface area contributed by atoms with Gasteiger partial charge in [0.2, 0.25) is 6.41 Å². The molecule has 0 bridgehead atoms. The fraction of sp³-hybridized carbons (Fsp3) is 0. The van der Waals surface area contributed by atoms with Crippen LogP contribution in [0.15, 0.2) is 36.8 Å². The van der Waals surface area contributed by atoms with E-state index in [-0.39, 0.29) is 0 Å². The van der Waals surface area contributed by atoms with E-state index in [1.54, 1.807) is 36.8 Å². The largest absolute Gasteiger partial charge is 0.313 e. The summed E-state index contributed by atoms with van der Waals surface area (Å²) in [7, 11) is 0. The maximum atomic E-state index is 10.2. The minimum atomic E-state index is 0.504. The van der Waals surface area contributed by atoms with Crippen LogP contribution in [0.1, 0.15) is 0 Å². The van der Waals surface area contributed by atoms with Crippen LogP contribution in [-0.4, -0.2) is 21.4 Å². The van der Waals surface area contributed by atoms with E-state index in [9.17, 15) is 4.79 Å². The molecule has 74 valence electrons. The Morgan fingerprint density at radius 3 is 2.53 bits per heavy atom. The minimum Gasteiger partial charge on any atom is -0.313 e. The maximum Gasteiger partial charge on any atom is 0.212 e. The summed E-state index contributed by atoms with van der Waals surface area (Å²) >= 11 is 0. The average molecular weight is 200 g/mol. The molecule has 0 fully saturated rings. The summed E-state index contributed by atoms with van der Waals surface area (Å²) in [5, 5.41) is 2.45. The number of hydrogen-bond donors (Lipinski definition) is 1. The lowest BCUT2D eigenvalue weighted by Gasteiger charge is -2.00. The molecular weight excluding hydrogens is 192 g/mol. The van der Waals surface area contributed by atoms with E-state index >= 15 is 0 Å². The van der Waals surface area contributed by atoms with Gasteiger partial charge >= 0.3 is 0 Å². The first-order valence-electron chi connectivity index (χ1n) is 4.34. The summed E-state index contributed by atoms with van der Waals surface area (Å²) in [6.07, 6.45) is 5.53. The van der Waals surface area contributed by atoms with Crippen LogP contribution in [0.25, 0.3) is 11.4 Å². The van der Waals surface area contributed by atoms with Crippen LogP contribution < -0.4 is 5.32 Å². The first kappa shape index (κ1) is 9.26. The van der Waals surface area contributed by atoms with Crippen LogP contribution in [0.4, 0.5) is 5.82 Å². The van der Waals surface area contributed by atoms with Crippen molar-refractivity contribution in [3.63, 3.8) is 0 Å². The summed E-state index contributed by atoms with van der Waals surface area (Å²) in [6.45, 7) is 0. The Kier molecular flexibility index (Phi) is 2.64. The van der Waals surface area contributed by atoms with Crippen molar-refractivity contribution >= 4 is 12.2 Å². The summed E-state index contributed by atoms with van der Waals surface area (Å²) in [5.74, 6) is 1.12. The van der Waals surface area contributed by atoms with Crippen molar-refractivity contribution in [3.05, 3.63) is 36.8 Å². The van der Waals surface area contributed by atoms with E-state index in [0.29, 0.717) is 18.1 Å². The third kappa shape index (κ3) is 2.14. The quantitative estimate of drug-likeness (QED) is 0.753. The van der Waals surface area contributed by atoms with Gasteiger partial charge in [0.1, 0.15) is 5.82 Å². The lowest BCUT2D eigenvalue weighted by atomic mass is 10.2. The zero-order chi connectivity index (χ0) is 10.5. The molecule has 0 aliphatic carbocycles.